The van der Waals surface area contributed by atoms with Crippen molar-refractivity contribution in [2.24, 2.45) is 0 Å². The van der Waals surface area contributed by atoms with Crippen molar-refractivity contribution in [3.8, 4) is 0 Å². The number of ketones is 1. The molecule has 28 heavy (non-hydrogen) atoms. The Morgan fingerprint density at radius 2 is 1.57 bits per heavy atom. The first-order chi connectivity index (χ1) is 13.8. The molecule has 0 saturated heterocycles. The van der Waals surface area contributed by atoms with Crippen LogP contribution in [0.4, 0.5) is 0 Å². The van der Waals surface area contributed by atoms with Gasteiger partial charge in [-0.2, -0.15) is 0 Å². The highest BCUT2D eigenvalue weighted by Gasteiger charge is 2.13. The van der Waals surface area contributed by atoms with Crippen LogP contribution in [0.5, 0.6) is 0 Å². The molecule has 0 amide bonds. The number of unbranched alkanes of at least 4 members (excludes halogenated alkanes) is 11. The molecule has 0 aliphatic carbocycles. The molecule has 154 valence electrons. The second kappa shape index (κ2) is 14.1. The van der Waals surface area contributed by atoms with Gasteiger partial charge in [-0.3, -0.25) is 9.78 Å². The number of Topliss-reactive ketones (excluding diaryl/α,β-unsaturated/α-hetero) is 1. The van der Waals surface area contributed by atoms with E-state index in [1.54, 1.807) is 18.5 Å². The third-order valence-electron chi connectivity index (χ3n) is 5.09. The van der Waals surface area contributed by atoms with Crippen molar-refractivity contribution in [3.05, 3.63) is 36.5 Å². The summed E-state index contributed by atoms with van der Waals surface area (Å²) in [5, 5.41) is 0. The van der Waals surface area contributed by atoms with Gasteiger partial charge in [0.05, 0.1) is 6.20 Å². The Kier molecular flexibility index (Phi) is 11.2. The maximum atomic E-state index is 12.2. The lowest BCUT2D eigenvalue weighted by Gasteiger charge is -2.00. The van der Waals surface area contributed by atoms with Gasteiger partial charge in [0.15, 0.2) is 5.58 Å². The molecular weight excluding hydrogens is 348 g/mol. The van der Waals surface area contributed by atoms with E-state index in [0.717, 1.165) is 12.8 Å². The molecule has 2 rings (SSSR count). The van der Waals surface area contributed by atoms with Gasteiger partial charge in [-0.25, -0.2) is 4.98 Å². The smallest absolute Gasteiger partial charge is 0.264 e. The van der Waals surface area contributed by atoms with Crippen LogP contribution in [-0.2, 0) is 0 Å². The first-order valence-electron chi connectivity index (χ1n) is 11.2. The number of nitrogens with zero attached hydrogens (tertiary/aromatic N) is 2. The summed E-state index contributed by atoms with van der Waals surface area (Å²) >= 11 is 0. The zero-order valence-electron chi connectivity index (χ0n) is 17.5. The number of carbonyl (C=O) groups is 1. The van der Waals surface area contributed by atoms with Crippen LogP contribution >= 0.6 is 0 Å². The summed E-state index contributed by atoms with van der Waals surface area (Å²) in [5.41, 5.74) is 1.28. The monoisotopic (exact) mass is 384 g/mol. The average Bonchev–Trinajstić information content (AvgIpc) is 3.15. The third kappa shape index (κ3) is 8.81. The molecule has 0 bridgehead atoms. The Balaban J connectivity index is 1.42. The third-order valence-corrected chi connectivity index (χ3v) is 5.09. The molecule has 0 unspecified atom stereocenters. The summed E-state index contributed by atoms with van der Waals surface area (Å²) in [4.78, 5) is 20.4. The van der Waals surface area contributed by atoms with E-state index in [1.165, 1.54) is 70.6 Å². The summed E-state index contributed by atoms with van der Waals surface area (Å²) in [6.45, 7) is 2.26. The minimum absolute atomic E-state index is 0.00572. The fourth-order valence-corrected chi connectivity index (χ4v) is 3.36. The molecule has 0 atom stereocenters. The van der Waals surface area contributed by atoms with Gasteiger partial charge in [-0.05, 0) is 32.1 Å². The highest BCUT2D eigenvalue weighted by atomic mass is 16.4. The predicted molar refractivity (Wildman–Crippen MR) is 116 cm³/mol. The van der Waals surface area contributed by atoms with Crippen LogP contribution in [0.3, 0.4) is 0 Å². The average molecular weight is 385 g/mol. The predicted octanol–water partition coefficient (Wildman–Crippen LogP) is 7.44. The van der Waals surface area contributed by atoms with E-state index in [0.29, 0.717) is 17.5 Å². The first-order valence-corrected chi connectivity index (χ1v) is 11.2. The molecule has 2 aromatic rings. The highest BCUT2D eigenvalue weighted by molar-refractivity contribution is 5.93. The van der Waals surface area contributed by atoms with Crippen LogP contribution < -0.4 is 0 Å². The normalized spacial score (nSPS) is 11.6. The van der Waals surface area contributed by atoms with Crippen molar-refractivity contribution in [1.82, 2.24) is 9.97 Å². The summed E-state index contributed by atoms with van der Waals surface area (Å²) in [6.07, 6.45) is 24.8. The molecule has 0 spiro atoms. The first kappa shape index (κ1) is 22.3. The van der Waals surface area contributed by atoms with E-state index in [9.17, 15) is 4.79 Å². The molecule has 0 N–H and O–H groups in total. The Bertz CT molecular complexity index is 672. The van der Waals surface area contributed by atoms with Crippen molar-refractivity contribution >= 4 is 16.9 Å². The molecule has 2 aromatic heterocycles. The van der Waals surface area contributed by atoms with Crippen LogP contribution in [0.2, 0.25) is 0 Å². The van der Waals surface area contributed by atoms with Crippen molar-refractivity contribution in [1.29, 1.82) is 0 Å². The van der Waals surface area contributed by atoms with Gasteiger partial charge in [0.2, 0.25) is 5.78 Å². The van der Waals surface area contributed by atoms with Crippen molar-refractivity contribution in [2.45, 2.75) is 96.8 Å². The Labute approximate surface area is 169 Å². The summed E-state index contributed by atoms with van der Waals surface area (Å²) in [6, 6.07) is 1.74. The Morgan fingerprint density at radius 1 is 0.929 bits per heavy atom. The van der Waals surface area contributed by atoms with Crippen LogP contribution in [0.1, 0.15) is 108 Å². The van der Waals surface area contributed by atoms with Crippen LogP contribution in [0, 0.1) is 0 Å². The molecule has 0 saturated carbocycles. The molecule has 2 heterocycles. The lowest BCUT2D eigenvalue weighted by molar-refractivity contribution is 0.0947. The van der Waals surface area contributed by atoms with E-state index in [-0.39, 0.29) is 11.7 Å². The van der Waals surface area contributed by atoms with Crippen molar-refractivity contribution in [3.63, 3.8) is 0 Å². The molecule has 4 heteroatoms. The number of rotatable bonds is 16. The fraction of sp³-hybridized carbons (Fsp3) is 0.625. The fourth-order valence-electron chi connectivity index (χ4n) is 3.36. The van der Waals surface area contributed by atoms with Crippen molar-refractivity contribution < 1.29 is 9.21 Å². The maximum absolute atomic E-state index is 12.2. The second-order valence-corrected chi connectivity index (χ2v) is 7.62. The Hall–Kier alpha value is -1.97. The SMILES string of the molecule is CCCCCCCC/C=C\CCCCCCCC(=O)c1nc2cnccc2o1. The standard InChI is InChI=1S/C24H36N2O2/c1-2-3-4-5-6-7-8-9-10-11-12-13-14-15-16-17-22(27)24-26-21-20-25-19-18-23(21)28-24/h9-10,18-20H,2-8,11-17H2,1H3/b10-9-. The summed E-state index contributed by atoms with van der Waals surface area (Å²) in [5.74, 6) is 0.215. The van der Waals surface area contributed by atoms with Crippen LogP contribution in [0.25, 0.3) is 11.1 Å². The molecule has 4 nitrogen and oxygen atoms in total. The molecule has 0 aliphatic rings. The maximum Gasteiger partial charge on any atom is 0.264 e. The molecule has 0 radical (unpaired) electrons. The highest BCUT2D eigenvalue weighted by Crippen LogP contribution is 2.16. The molecule has 0 aromatic carbocycles. The zero-order chi connectivity index (χ0) is 19.9. The lowest BCUT2D eigenvalue weighted by atomic mass is 10.1. The van der Waals surface area contributed by atoms with E-state index >= 15 is 0 Å². The minimum atomic E-state index is -0.00572. The largest absolute Gasteiger partial charge is 0.434 e. The minimum Gasteiger partial charge on any atom is -0.434 e. The van der Waals surface area contributed by atoms with Gasteiger partial charge in [0, 0.05) is 18.7 Å². The van der Waals surface area contributed by atoms with E-state index in [2.05, 4.69) is 29.0 Å². The molecular formula is C24H36N2O2. The molecule has 0 aliphatic heterocycles. The van der Waals surface area contributed by atoms with Crippen LogP contribution in [-0.4, -0.2) is 15.8 Å². The number of hydrogen-bond acceptors (Lipinski definition) is 4. The van der Waals surface area contributed by atoms with Crippen LogP contribution in [0.15, 0.2) is 35.0 Å². The van der Waals surface area contributed by atoms with E-state index < -0.39 is 0 Å². The van der Waals surface area contributed by atoms with E-state index in [4.69, 9.17) is 4.42 Å². The summed E-state index contributed by atoms with van der Waals surface area (Å²) in [7, 11) is 0. The number of carbonyl (C=O) groups excluding carboxylic acids is 1. The number of pyridine rings is 1. The second-order valence-electron chi connectivity index (χ2n) is 7.62. The number of fused-ring (bicyclic) bond motifs is 1. The number of hydrogen-bond donors (Lipinski definition) is 0. The Morgan fingerprint density at radius 3 is 2.25 bits per heavy atom. The van der Waals surface area contributed by atoms with Gasteiger partial charge in [-0.1, -0.05) is 70.4 Å². The number of oxazole rings is 1. The lowest BCUT2D eigenvalue weighted by Crippen LogP contribution is -1.99. The zero-order valence-corrected chi connectivity index (χ0v) is 17.5. The van der Waals surface area contributed by atoms with Gasteiger partial charge < -0.3 is 4.42 Å². The quantitative estimate of drug-likeness (QED) is 0.171. The molecule has 0 fully saturated rings. The number of aromatic nitrogens is 2. The summed E-state index contributed by atoms with van der Waals surface area (Å²) < 4.78 is 5.50. The van der Waals surface area contributed by atoms with Gasteiger partial charge in [0.25, 0.3) is 5.89 Å². The van der Waals surface area contributed by atoms with Gasteiger partial charge in [-0.15, -0.1) is 0 Å². The van der Waals surface area contributed by atoms with Gasteiger partial charge >= 0.3 is 0 Å². The van der Waals surface area contributed by atoms with Gasteiger partial charge in [0.1, 0.15) is 5.52 Å². The topological polar surface area (TPSA) is 56.0 Å². The van der Waals surface area contributed by atoms with E-state index in [1.807, 2.05) is 0 Å². The van der Waals surface area contributed by atoms with Crippen molar-refractivity contribution in [2.75, 3.05) is 0 Å². The number of allylic oxidation sites excluding steroid dienone is 2.